The molecule has 2 aliphatic rings. The molecule has 1 atom stereocenters. The number of aryl methyl sites for hydroxylation is 1. The SMILES string of the molecule is Clc1cc2c(c(CCC(Cl)C3CC3)c1)OCC2. The molecule has 1 aliphatic carbocycles. The van der Waals surface area contributed by atoms with Gasteiger partial charge in [-0.3, -0.25) is 0 Å². The minimum atomic E-state index is 0.325. The van der Waals surface area contributed by atoms with Crippen molar-refractivity contribution in [1.29, 1.82) is 0 Å². The molecule has 3 heteroatoms. The Morgan fingerprint density at radius 2 is 2.18 bits per heavy atom. The summed E-state index contributed by atoms with van der Waals surface area (Å²) in [4.78, 5) is 0. The summed E-state index contributed by atoms with van der Waals surface area (Å²) < 4.78 is 5.69. The van der Waals surface area contributed by atoms with E-state index in [1.807, 2.05) is 12.1 Å². The molecule has 1 aromatic rings. The van der Waals surface area contributed by atoms with Gasteiger partial charge in [0.15, 0.2) is 0 Å². The third-order valence-corrected chi connectivity index (χ3v) is 4.44. The van der Waals surface area contributed by atoms with Gasteiger partial charge in [-0.25, -0.2) is 0 Å². The van der Waals surface area contributed by atoms with E-state index in [1.54, 1.807) is 0 Å². The molecule has 0 N–H and O–H groups in total. The highest BCUT2D eigenvalue weighted by atomic mass is 35.5. The minimum Gasteiger partial charge on any atom is -0.493 e. The summed E-state index contributed by atoms with van der Waals surface area (Å²) in [6.45, 7) is 0.787. The van der Waals surface area contributed by atoms with E-state index in [0.29, 0.717) is 5.38 Å². The van der Waals surface area contributed by atoms with Gasteiger partial charge in [0.2, 0.25) is 0 Å². The lowest BCUT2D eigenvalue weighted by Gasteiger charge is -2.11. The Kier molecular flexibility index (Phi) is 3.23. The molecule has 1 heterocycles. The van der Waals surface area contributed by atoms with Crippen molar-refractivity contribution < 1.29 is 4.74 Å². The third kappa shape index (κ3) is 2.56. The fraction of sp³-hybridized carbons (Fsp3) is 0.571. The predicted octanol–water partition coefficient (Wildman–Crippen LogP) is 4.22. The first-order chi connectivity index (χ1) is 8.24. The first kappa shape index (κ1) is 11.7. The summed E-state index contributed by atoms with van der Waals surface area (Å²) in [6, 6.07) is 4.05. The monoisotopic (exact) mass is 270 g/mol. The van der Waals surface area contributed by atoms with Gasteiger partial charge in [-0.15, -0.1) is 11.6 Å². The fourth-order valence-corrected chi connectivity index (χ4v) is 3.14. The highest BCUT2D eigenvalue weighted by Crippen LogP contribution is 2.39. The van der Waals surface area contributed by atoms with Gasteiger partial charge in [-0.05, 0) is 54.9 Å². The van der Waals surface area contributed by atoms with Crippen LogP contribution < -0.4 is 4.74 Å². The molecule has 1 saturated carbocycles. The standard InChI is InChI=1S/C14H16Cl2O/c15-12-7-10(3-4-13(16)9-1-2-9)14-11(8-12)5-6-17-14/h7-9,13H,1-6H2. The zero-order chi connectivity index (χ0) is 11.8. The molecular formula is C14H16Cl2O. The Morgan fingerprint density at radius 3 is 2.94 bits per heavy atom. The highest BCUT2D eigenvalue weighted by Gasteiger charge is 2.29. The lowest BCUT2D eigenvalue weighted by Crippen LogP contribution is -2.04. The molecule has 0 bridgehead atoms. The fourth-order valence-electron chi connectivity index (χ4n) is 2.52. The summed E-state index contributed by atoms with van der Waals surface area (Å²) in [5.41, 5.74) is 2.49. The van der Waals surface area contributed by atoms with E-state index < -0.39 is 0 Å². The van der Waals surface area contributed by atoms with Gasteiger partial charge in [0.05, 0.1) is 6.61 Å². The quantitative estimate of drug-likeness (QED) is 0.745. The molecule has 1 unspecified atom stereocenters. The number of benzene rings is 1. The third-order valence-electron chi connectivity index (χ3n) is 3.65. The van der Waals surface area contributed by atoms with Gasteiger partial charge in [0.25, 0.3) is 0 Å². The summed E-state index contributed by atoms with van der Waals surface area (Å²) >= 11 is 12.5. The molecular weight excluding hydrogens is 255 g/mol. The molecule has 0 radical (unpaired) electrons. The van der Waals surface area contributed by atoms with Crippen molar-refractivity contribution in [3.05, 3.63) is 28.3 Å². The number of hydrogen-bond donors (Lipinski definition) is 0. The van der Waals surface area contributed by atoms with Gasteiger partial charge in [-0.1, -0.05) is 11.6 Å². The maximum Gasteiger partial charge on any atom is 0.125 e. The minimum absolute atomic E-state index is 0.325. The topological polar surface area (TPSA) is 9.23 Å². The van der Waals surface area contributed by atoms with Crippen LogP contribution >= 0.6 is 23.2 Å². The van der Waals surface area contributed by atoms with E-state index in [-0.39, 0.29) is 0 Å². The van der Waals surface area contributed by atoms with Crippen LogP contribution in [-0.4, -0.2) is 12.0 Å². The largest absolute Gasteiger partial charge is 0.493 e. The number of rotatable bonds is 4. The van der Waals surface area contributed by atoms with E-state index in [2.05, 4.69) is 0 Å². The van der Waals surface area contributed by atoms with Crippen molar-refractivity contribution in [1.82, 2.24) is 0 Å². The lowest BCUT2D eigenvalue weighted by atomic mass is 10.0. The maximum atomic E-state index is 6.35. The summed E-state index contributed by atoms with van der Waals surface area (Å²) in [6.07, 6.45) is 5.60. The number of alkyl halides is 1. The van der Waals surface area contributed by atoms with Crippen LogP contribution in [0.25, 0.3) is 0 Å². The van der Waals surface area contributed by atoms with Gasteiger partial charge in [0, 0.05) is 16.8 Å². The zero-order valence-electron chi connectivity index (χ0n) is 9.72. The Balaban J connectivity index is 1.73. The summed E-state index contributed by atoms with van der Waals surface area (Å²) in [5, 5.41) is 1.15. The first-order valence-electron chi connectivity index (χ1n) is 6.32. The van der Waals surface area contributed by atoms with E-state index in [4.69, 9.17) is 27.9 Å². The van der Waals surface area contributed by atoms with Crippen LogP contribution in [0.4, 0.5) is 0 Å². The van der Waals surface area contributed by atoms with Crippen LogP contribution in [0.5, 0.6) is 5.75 Å². The van der Waals surface area contributed by atoms with E-state index in [9.17, 15) is 0 Å². The second-order valence-corrected chi connectivity index (χ2v) is 6.04. The normalized spacial score (nSPS) is 19.9. The van der Waals surface area contributed by atoms with Crippen molar-refractivity contribution in [2.45, 2.75) is 37.5 Å². The molecule has 1 aromatic carbocycles. The van der Waals surface area contributed by atoms with Crippen LogP contribution in [-0.2, 0) is 12.8 Å². The van der Waals surface area contributed by atoms with Crippen LogP contribution in [0.1, 0.15) is 30.4 Å². The Morgan fingerprint density at radius 1 is 1.35 bits per heavy atom. The molecule has 92 valence electrons. The summed E-state index contributed by atoms with van der Waals surface area (Å²) in [5.74, 6) is 1.82. The second kappa shape index (κ2) is 4.70. The highest BCUT2D eigenvalue weighted by molar-refractivity contribution is 6.30. The van der Waals surface area contributed by atoms with Crippen molar-refractivity contribution in [3.8, 4) is 5.75 Å². The molecule has 0 aromatic heterocycles. The second-order valence-electron chi connectivity index (χ2n) is 5.04. The lowest BCUT2D eigenvalue weighted by molar-refractivity contribution is 0.353. The number of halogens is 2. The van der Waals surface area contributed by atoms with Crippen LogP contribution in [0.15, 0.2) is 12.1 Å². The average Bonchev–Trinajstić information content (AvgIpc) is 3.05. The van der Waals surface area contributed by atoms with Gasteiger partial charge in [-0.2, -0.15) is 0 Å². The predicted molar refractivity (Wildman–Crippen MR) is 71.3 cm³/mol. The maximum absolute atomic E-state index is 6.35. The Labute approximate surface area is 112 Å². The molecule has 0 spiro atoms. The molecule has 1 aliphatic heterocycles. The summed E-state index contributed by atoms with van der Waals surface area (Å²) in [7, 11) is 0. The molecule has 0 amide bonds. The van der Waals surface area contributed by atoms with Gasteiger partial charge >= 0.3 is 0 Å². The Hall–Kier alpha value is -0.400. The van der Waals surface area contributed by atoms with E-state index in [1.165, 1.54) is 24.0 Å². The van der Waals surface area contributed by atoms with Crippen LogP contribution in [0.3, 0.4) is 0 Å². The van der Waals surface area contributed by atoms with Crippen molar-refractivity contribution in [2.75, 3.05) is 6.61 Å². The van der Waals surface area contributed by atoms with Crippen molar-refractivity contribution in [2.24, 2.45) is 5.92 Å². The van der Waals surface area contributed by atoms with Gasteiger partial charge in [0.1, 0.15) is 5.75 Å². The number of ether oxygens (including phenoxy) is 1. The molecule has 1 nitrogen and oxygen atoms in total. The van der Waals surface area contributed by atoms with Crippen LogP contribution in [0.2, 0.25) is 5.02 Å². The zero-order valence-corrected chi connectivity index (χ0v) is 11.2. The average molecular weight is 271 g/mol. The molecule has 17 heavy (non-hydrogen) atoms. The van der Waals surface area contributed by atoms with Crippen molar-refractivity contribution in [3.63, 3.8) is 0 Å². The molecule has 1 fully saturated rings. The van der Waals surface area contributed by atoms with Crippen molar-refractivity contribution >= 4 is 23.2 Å². The van der Waals surface area contributed by atoms with Gasteiger partial charge < -0.3 is 4.74 Å². The van der Waals surface area contributed by atoms with E-state index >= 15 is 0 Å². The smallest absolute Gasteiger partial charge is 0.125 e. The number of hydrogen-bond acceptors (Lipinski definition) is 1. The molecule has 0 saturated heterocycles. The van der Waals surface area contributed by atoms with Crippen LogP contribution in [0, 0.1) is 5.92 Å². The Bertz CT molecular complexity index is 426. The van der Waals surface area contributed by atoms with E-state index in [0.717, 1.165) is 42.6 Å². The molecule has 3 rings (SSSR count). The number of fused-ring (bicyclic) bond motifs is 1. The first-order valence-corrected chi connectivity index (χ1v) is 7.13.